The fourth-order valence-electron chi connectivity index (χ4n) is 1.98. The number of esters is 1. The Labute approximate surface area is 176 Å². The van der Waals surface area contributed by atoms with Gasteiger partial charge in [-0.15, -0.1) is 0 Å². The van der Waals surface area contributed by atoms with E-state index in [1.807, 2.05) is 0 Å². The molecule has 0 heterocycles. The topological polar surface area (TPSA) is 64.6 Å². The quantitative estimate of drug-likeness (QED) is 0.578. The molecule has 5 nitrogen and oxygen atoms in total. The van der Waals surface area contributed by atoms with Crippen molar-refractivity contribution in [1.29, 1.82) is 0 Å². The van der Waals surface area contributed by atoms with Crippen molar-refractivity contribution in [2.24, 2.45) is 0 Å². The molecular weight excluding hydrogens is 436 g/mol. The van der Waals surface area contributed by atoms with E-state index < -0.39 is 24.1 Å². The number of anilines is 1. The van der Waals surface area contributed by atoms with Crippen LogP contribution in [0.3, 0.4) is 0 Å². The third-order valence-electron chi connectivity index (χ3n) is 3.28. The molecule has 0 saturated carbocycles. The molecule has 0 atom stereocenters. The summed E-state index contributed by atoms with van der Waals surface area (Å²) in [5.41, 5.74) is -1.13. The van der Waals surface area contributed by atoms with E-state index in [4.69, 9.17) is 55.9 Å². The molecule has 0 aliphatic carbocycles. The Morgan fingerprint density at radius 2 is 1.52 bits per heavy atom. The van der Waals surface area contributed by atoms with Crippen molar-refractivity contribution in [1.82, 2.24) is 0 Å². The SMILES string of the molecule is CC(C)(Oc1ccc(Cl)cc1)C(=O)OCC(=O)Nc1c(Cl)cc(Cl)cc1Cl. The average molecular weight is 451 g/mol. The molecule has 144 valence electrons. The van der Waals surface area contributed by atoms with Crippen LogP contribution in [0.15, 0.2) is 36.4 Å². The minimum atomic E-state index is -1.32. The van der Waals surface area contributed by atoms with E-state index in [0.29, 0.717) is 15.8 Å². The molecule has 0 radical (unpaired) electrons. The Balaban J connectivity index is 1.94. The maximum absolute atomic E-state index is 12.2. The van der Waals surface area contributed by atoms with Gasteiger partial charge in [-0.2, -0.15) is 0 Å². The normalized spacial score (nSPS) is 11.0. The fourth-order valence-corrected chi connectivity index (χ4v) is 3.02. The molecule has 0 aliphatic rings. The number of amides is 1. The summed E-state index contributed by atoms with van der Waals surface area (Å²) in [4.78, 5) is 24.3. The molecule has 0 spiro atoms. The van der Waals surface area contributed by atoms with Gasteiger partial charge in [0, 0.05) is 10.0 Å². The number of halogens is 4. The van der Waals surface area contributed by atoms with Gasteiger partial charge in [-0.25, -0.2) is 4.79 Å². The third-order valence-corrected chi connectivity index (χ3v) is 4.35. The molecule has 0 fully saturated rings. The molecule has 0 bridgehead atoms. The minimum absolute atomic E-state index is 0.165. The Morgan fingerprint density at radius 1 is 0.963 bits per heavy atom. The zero-order chi connectivity index (χ0) is 20.2. The second-order valence-electron chi connectivity index (χ2n) is 5.94. The van der Waals surface area contributed by atoms with Crippen molar-refractivity contribution < 1.29 is 19.1 Å². The highest BCUT2D eigenvalue weighted by atomic mass is 35.5. The second-order valence-corrected chi connectivity index (χ2v) is 7.62. The highest BCUT2D eigenvalue weighted by molar-refractivity contribution is 6.42. The molecule has 1 N–H and O–H groups in total. The number of benzene rings is 2. The van der Waals surface area contributed by atoms with Crippen molar-refractivity contribution >= 4 is 64.0 Å². The fraction of sp³-hybridized carbons (Fsp3) is 0.222. The molecule has 1 amide bonds. The average Bonchev–Trinajstić information content (AvgIpc) is 2.57. The summed E-state index contributed by atoms with van der Waals surface area (Å²) >= 11 is 23.6. The lowest BCUT2D eigenvalue weighted by atomic mass is 10.1. The Kier molecular flexibility index (Phi) is 7.23. The highest BCUT2D eigenvalue weighted by Crippen LogP contribution is 2.33. The molecule has 0 saturated heterocycles. The molecular formula is C18H15Cl4NO4. The van der Waals surface area contributed by atoms with Gasteiger partial charge in [0.15, 0.2) is 12.2 Å². The van der Waals surface area contributed by atoms with E-state index in [9.17, 15) is 9.59 Å². The minimum Gasteiger partial charge on any atom is -0.476 e. The predicted molar refractivity (Wildman–Crippen MR) is 107 cm³/mol. The zero-order valence-corrected chi connectivity index (χ0v) is 17.3. The van der Waals surface area contributed by atoms with E-state index >= 15 is 0 Å². The van der Waals surface area contributed by atoms with Crippen molar-refractivity contribution in [3.8, 4) is 5.75 Å². The van der Waals surface area contributed by atoms with Crippen LogP contribution in [0.25, 0.3) is 0 Å². The molecule has 27 heavy (non-hydrogen) atoms. The monoisotopic (exact) mass is 449 g/mol. The van der Waals surface area contributed by atoms with E-state index in [1.54, 1.807) is 24.3 Å². The smallest absolute Gasteiger partial charge is 0.350 e. The van der Waals surface area contributed by atoms with Crippen LogP contribution in [0.2, 0.25) is 20.1 Å². The highest BCUT2D eigenvalue weighted by Gasteiger charge is 2.32. The summed E-state index contributed by atoms with van der Waals surface area (Å²) in [5.74, 6) is -0.900. The van der Waals surface area contributed by atoms with Crippen LogP contribution in [0.5, 0.6) is 5.75 Å². The van der Waals surface area contributed by atoms with Crippen LogP contribution in [0.4, 0.5) is 5.69 Å². The standard InChI is InChI=1S/C18H15Cl4NO4/c1-18(2,27-12-5-3-10(19)4-6-12)17(25)26-9-15(24)23-16-13(21)7-11(20)8-14(16)22/h3-8H,9H2,1-2H3,(H,23,24). The van der Waals surface area contributed by atoms with Gasteiger partial charge in [0.2, 0.25) is 0 Å². The van der Waals surface area contributed by atoms with Crippen LogP contribution >= 0.6 is 46.4 Å². The van der Waals surface area contributed by atoms with Gasteiger partial charge >= 0.3 is 5.97 Å². The summed E-state index contributed by atoms with van der Waals surface area (Å²) in [6.07, 6.45) is 0. The van der Waals surface area contributed by atoms with Gasteiger partial charge in [0.05, 0.1) is 15.7 Å². The first-order chi connectivity index (χ1) is 12.6. The Hall–Kier alpha value is -1.66. The maximum Gasteiger partial charge on any atom is 0.350 e. The lowest BCUT2D eigenvalue weighted by Gasteiger charge is -2.24. The first-order valence-corrected chi connectivity index (χ1v) is 9.16. The van der Waals surface area contributed by atoms with Gasteiger partial charge in [-0.1, -0.05) is 46.4 Å². The van der Waals surface area contributed by atoms with Crippen molar-refractivity contribution in [2.75, 3.05) is 11.9 Å². The molecule has 2 aromatic carbocycles. The number of nitrogens with one attached hydrogen (secondary N) is 1. The number of hydrogen-bond donors (Lipinski definition) is 1. The number of hydrogen-bond acceptors (Lipinski definition) is 4. The summed E-state index contributed by atoms with van der Waals surface area (Å²) in [7, 11) is 0. The van der Waals surface area contributed by atoms with Crippen molar-refractivity contribution in [3.05, 3.63) is 56.5 Å². The molecule has 9 heteroatoms. The van der Waals surface area contributed by atoms with Gasteiger partial charge in [0.25, 0.3) is 5.91 Å². The summed E-state index contributed by atoms with van der Waals surface area (Å²) in [6.45, 7) is 2.51. The summed E-state index contributed by atoms with van der Waals surface area (Å²) < 4.78 is 10.6. The largest absolute Gasteiger partial charge is 0.476 e. The van der Waals surface area contributed by atoms with Crippen LogP contribution in [-0.4, -0.2) is 24.1 Å². The second kappa shape index (κ2) is 9.02. The van der Waals surface area contributed by atoms with Crippen LogP contribution < -0.4 is 10.1 Å². The van der Waals surface area contributed by atoms with Gasteiger partial charge in [-0.05, 0) is 50.2 Å². The first kappa shape index (κ1) is 21.6. The first-order valence-electron chi connectivity index (χ1n) is 7.64. The Morgan fingerprint density at radius 3 is 2.07 bits per heavy atom. The summed E-state index contributed by atoms with van der Waals surface area (Å²) in [5, 5.41) is 3.67. The molecule has 2 aromatic rings. The van der Waals surface area contributed by atoms with Gasteiger partial charge in [0.1, 0.15) is 5.75 Å². The number of ether oxygens (including phenoxy) is 2. The van der Waals surface area contributed by atoms with Gasteiger partial charge < -0.3 is 14.8 Å². The van der Waals surface area contributed by atoms with E-state index in [2.05, 4.69) is 5.32 Å². The predicted octanol–water partition coefficient (Wildman–Crippen LogP) is 5.64. The Bertz CT molecular complexity index is 830. The van der Waals surface area contributed by atoms with Crippen molar-refractivity contribution in [3.63, 3.8) is 0 Å². The van der Waals surface area contributed by atoms with Crippen LogP contribution in [-0.2, 0) is 14.3 Å². The van der Waals surface area contributed by atoms with Crippen LogP contribution in [0.1, 0.15) is 13.8 Å². The molecule has 0 aromatic heterocycles. The lowest BCUT2D eigenvalue weighted by molar-refractivity contribution is -0.161. The number of rotatable bonds is 6. The molecule has 2 rings (SSSR count). The molecule has 0 aliphatic heterocycles. The van der Waals surface area contributed by atoms with Crippen LogP contribution in [0, 0.1) is 0 Å². The third kappa shape index (κ3) is 6.18. The lowest BCUT2D eigenvalue weighted by Crippen LogP contribution is -2.41. The zero-order valence-electron chi connectivity index (χ0n) is 14.3. The van der Waals surface area contributed by atoms with E-state index in [0.717, 1.165) is 0 Å². The number of carbonyl (C=O) groups excluding carboxylic acids is 2. The molecule has 0 unspecified atom stereocenters. The van der Waals surface area contributed by atoms with Crippen molar-refractivity contribution in [2.45, 2.75) is 19.4 Å². The maximum atomic E-state index is 12.2. The van der Waals surface area contributed by atoms with Gasteiger partial charge in [-0.3, -0.25) is 4.79 Å². The summed E-state index contributed by atoms with van der Waals surface area (Å²) in [6, 6.07) is 9.36. The number of carbonyl (C=O) groups is 2. The van der Waals surface area contributed by atoms with E-state index in [1.165, 1.54) is 26.0 Å². The van der Waals surface area contributed by atoms with E-state index in [-0.39, 0.29) is 15.7 Å².